The van der Waals surface area contributed by atoms with E-state index in [-0.39, 0.29) is 0 Å². The number of benzene rings is 9. The number of nitrogens with zero attached hydrogens (tertiary/aromatic N) is 3. The van der Waals surface area contributed by atoms with Gasteiger partial charge in [0.05, 0.1) is 0 Å². The molecule has 1 aromatic heterocycles. The Bertz CT molecular complexity index is 2810. The molecule has 0 amide bonds. The fourth-order valence-corrected chi connectivity index (χ4v) is 7.51. The molecule has 0 saturated carbocycles. The average Bonchev–Trinajstić information content (AvgIpc) is 3.35. The van der Waals surface area contributed by atoms with Crippen molar-refractivity contribution in [2.45, 2.75) is 6.92 Å². The van der Waals surface area contributed by atoms with E-state index in [4.69, 9.17) is 4.98 Å². The van der Waals surface area contributed by atoms with Gasteiger partial charge in [0.25, 0.3) is 0 Å². The predicted octanol–water partition coefficient (Wildman–Crippen LogP) is 15.2. The molecule has 0 aliphatic carbocycles. The lowest BCUT2D eigenvalue weighted by Gasteiger charge is -2.10. The Morgan fingerprint density at radius 2 is 0.475 bits per heavy atom. The van der Waals surface area contributed by atoms with E-state index in [9.17, 15) is 0 Å². The van der Waals surface area contributed by atoms with E-state index >= 15 is 0 Å². The largest absolute Gasteiger partial charge is 0.217 e. The third-order valence-corrected chi connectivity index (χ3v) is 10.8. The monoisotopic (exact) mass is 781 g/mol. The van der Waals surface area contributed by atoms with Crippen molar-refractivity contribution in [3.8, 4) is 89.5 Å². The lowest BCUT2D eigenvalue weighted by molar-refractivity contribution is 1.07. The molecule has 0 aliphatic rings. The highest BCUT2D eigenvalue weighted by Crippen LogP contribution is 2.33. The molecule has 0 radical (unpaired) electrons. The molecule has 0 bridgehead atoms. The van der Waals surface area contributed by atoms with Gasteiger partial charge in [0.1, 0.15) is 6.33 Å². The van der Waals surface area contributed by atoms with Crippen molar-refractivity contribution in [1.29, 1.82) is 0 Å². The molecular formula is C58H43N3. The van der Waals surface area contributed by atoms with Gasteiger partial charge in [-0.3, -0.25) is 0 Å². The van der Waals surface area contributed by atoms with Crippen LogP contribution in [0.15, 0.2) is 243 Å². The Balaban J connectivity index is 0.000000620. The Morgan fingerprint density at radius 3 is 0.803 bits per heavy atom. The molecule has 0 unspecified atom stereocenters. The van der Waals surface area contributed by atoms with Crippen molar-refractivity contribution in [3.63, 3.8) is 0 Å². The second-order valence-corrected chi connectivity index (χ2v) is 15.0. The first kappa shape index (κ1) is 38.5. The molecule has 10 aromatic rings. The molecule has 0 atom stereocenters. The summed E-state index contributed by atoms with van der Waals surface area (Å²) in [4.78, 5) is 14.2. The summed E-state index contributed by atoms with van der Waals surface area (Å²) in [6.07, 6.45) is 1.61. The quantitative estimate of drug-likeness (QED) is 0.154. The van der Waals surface area contributed by atoms with Crippen LogP contribution >= 0.6 is 0 Å². The molecule has 0 N–H and O–H groups in total. The van der Waals surface area contributed by atoms with Gasteiger partial charge in [-0.15, -0.1) is 0 Å². The molecular weight excluding hydrogens is 739 g/mol. The molecule has 9 aromatic carbocycles. The lowest BCUT2D eigenvalue weighted by atomic mass is 9.96. The van der Waals surface area contributed by atoms with Gasteiger partial charge in [0, 0.05) is 11.1 Å². The van der Waals surface area contributed by atoms with Crippen LogP contribution in [0.25, 0.3) is 89.5 Å². The van der Waals surface area contributed by atoms with Gasteiger partial charge in [0.2, 0.25) is 0 Å². The SMILES string of the molecule is Cc1ccccc1.c1ccc(-c2ccc(-c3cccc(-c4cccc(-c5ncnc(-c6cccc(-c7cccc(-c8ccc(-c9ccccc9)cc8)c7)c6)n5)c4)c3)cc2)cc1. The molecule has 3 heteroatoms. The minimum Gasteiger partial charge on any atom is -0.217 e. The minimum absolute atomic E-state index is 0.640. The first-order chi connectivity index (χ1) is 30.1. The maximum absolute atomic E-state index is 4.96. The normalized spacial score (nSPS) is 10.7. The summed E-state index contributed by atoms with van der Waals surface area (Å²) in [5.41, 5.74) is 17.3. The Kier molecular flexibility index (Phi) is 11.5. The predicted molar refractivity (Wildman–Crippen MR) is 254 cm³/mol. The second kappa shape index (κ2) is 18.3. The van der Waals surface area contributed by atoms with E-state index in [1.165, 1.54) is 50.1 Å². The third kappa shape index (κ3) is 9.33. The molecule has 0 fully saturated rings. The van der Waals surface area contributed by atoms with Crippen molar-refractivity contribution in [1.82, 2.24) is 15.0 Å². The molecule has 3 nitrogen and oxygen atoms in total. The van der Waals surface area contributed by atoms with E-state index < -0.39 is 0 Å². The second-order valence-electron chi connectivity index (χ2n) is 15.0. The Hall–Kier alpha value is -8.01. The number of aromatic nitrogens is 3. The molecule has 1 heterocycles. The molecule has 290 valence electrons. The molecule has 0 aliphatic heterocycles. The van der Waals surface area contributed by atoms with Crippen molar-refractivity contribution < 1.29 is 0 Å². The Morgan fingerprint density at radius 1 is 0.230 bits per heavy atom. The van der Waals surface area contributed by atoms with E-state index in [0.29, 0.717) is 11.6 Å². The van der Waals surface area contributed by atoms with Gasteiger partial charge >= 0.3 is 0 Å². The highest BCUT2D eigenvalue weighted by Gasteiger charge is 2.11. The summed E-state index contributed by atoms with van der Waals surface area (Å²) in [7, 11) is 0. The third-order valence-electron chi connectivity index (χ3n) is 10.8. The zero-order chi connectivity index (χ0) is 41.2. The topological polar surface area (TPSA) is 38.7 Å². The van der Waals surface area contributed by atoms with Crippen LogP contribution in [0.4, 0.5) is 0 Å². The highest BCUT2D eigenvalue weighted by atomic mass is 15.0. The molecule has 61 heavy (non-hydrogen) atoms. The van der Waals surface area contributed by atoms with Crippen molar-refractivity contribution >= 4 is 0 Å². The van der Waals surface area contributed by atoms with Gasteiger partial charge in [0.15, 0.2) is 11.6 Å². The molecule has 0 saturated heterocycles. The van der Waals surface area contributed by atoms with Crippen LogP contribution in [-0.4, -0.2) is 15.0 Å². The van der Waals surface area contributed by atoms with Crippen molar-refractivity contribution in [3.05, 3.63) is 248 Å². The first-order valence-electron chi connectivity index (χ1n) is 20.6. The summed E-state index contributed by atoms with van der Waals surface area (Å²) >= 11 is 0. The maximum Gasteiger partial charge on any atom is 0.163 e. The highest BCUT2D eigenvalue weighted by molar-refractivity contribution is 5.79. The number of rotatable bonds is 8. The van der Waals surface area contributed by atoms with E-state index in [1.807, 2.05) is 30.3 Å². The zero-order valence-corrected chi connectivity index (χ0v) is 33.9. The van der Waals surface area contributed by atoms with Crippen LogP contribution in [0.3, 0.4) is 0 Å². The first-order valence-corrected chi connectivity index (χ1v) is 20.6. The van der Waals surface area contributed by atoms with Gasteiger partial charge < -0.3 is 0 Å². The van der Waals surface area contributed by atoms with E-state index in [0.717, 1.165) is 33.4 Å². The van der Waals surface area contributed by atoms with Crippen LogP contribution in [-0.2, 0) is 0 Å². The lowest BCUT2D eigenvalue weighted by Crippen LogP contribution is -1.95. The standard InChI is InChI=1S/C51H35N3.C7H8/c1-3-11-36(12-4-1)38-23-27-40(28-24-38)42-15-7-17-44(31-42)46-19-9-21-48(33-46)50-52-35-53-51(54-50)49-22-10-20-47(34-49)45-18-8-16-43(32-45)41-29-25-39(26-30-41)37-13-5-2-6-14-37;1-7-5-3-2-4-6-7/h1-35H;2-6H,1H3. The number of hydrogen-bond acceptors (Lipinski definition) is 3. The smallest absolute Gasteiger partial charge is 0.163 e. The van der Waals surface area contributed by atoms with Crippen LogP contribution in [0, 0.1) is 6.92 Å². The molecule has 10 rings (SSSR count). The van der Waals surface area contributed by atoms with Crippen LogP contribution in [0.1, 0.15) is 5.56 Å². The van der Waals surface area contributed by atoms with Crippen molar-refractivity contribution in [2.24, 2.45) is 0 Å². The summed E-state index contributed by atoms with van der Waals surface area (Å²) in [6, 6.07) is 83.0. The van der Waals surface area contributed by atoms with Crippen LogP contribution in [0.2, 0.25) is 0 Å². The number of hydrogen-bond donors (Lipinski definition) is 0. The maximum atomic E-state index is 4.96. The van der Waals surface area contributed by atoms with Gasteiger partial charge in [-0.1, -0.05) is 218 Å². The van der Waals surface area contributed by atoms with Crippen LogP contribution < -0.4 is 0 Å². The van der Waals surface area contributed by atoms with Crippen LogP contribution in [0.5, 0.6) is 0 Å². The fourth-order valence-electron chi connectivity index (χ4n) is 7.51. The van der Waals surface area contributed by atoms with Gasteiger partial charge in [-0.25, -0.2) is 15.0 Å². The summed E-state index contributed by atoms with van der Waals surface area (Å²) in [6.45, 7) is 2.08. The molecule has 0 spiro atoms. The number of aryl methyl sites for hydroxylation is 1. The van der Waals surface area contributed by atoms with E-state index in [1.54, 1.807) is 6.33 Å². The van der Waals surface area contributed by atoms with E-state index in [2.05, 4.69) is 223 Å². The zero-order valence-electron chi connectivity index (χ0n) is 33.9. The van der Waals surface area contributed by atoms with Gasteiger partial charge in [-0.05, 0) is 98.0 Å². The summed E-state index contributed by atoms with van der Waals surface area (Å²) in [5.74, 6) is 1.28. The van der Waals surface area contributed by atoms with Gasteiger partial charge in [-0.2, -0.15) is 0 Å². The average molecular weight is 782 g/mol. The minimum atomic E-state index is 0.640. The fraction of sp³-hybridized carbons (Fsp3) is 0.0172. The summed E-state index contributed by atoms with van der Waals surface area (Å²) < 4.78 is 0. The summed E-state index contributed by atoms with van der Waals surface area (Å²) in [5, 5.41) is 0. The Labute approximate surface area is 358 Å². The van der Waals surface area contributed by atoms with Crippen molar-refractivity contribution in [2.75, 3.05) is 0 Å².